The SMILES string of the molecule is CCCCN=C(NC)NC(=O)Nc1c(C)cccc1C.Cl. The molecule has 0 saturated carbocycles. The van der Waals surface area contributed by atoms with Gasteiger partial charge in [0.15, 0.2) is 5.96 Å². The summed E-state index contributed by atoms with van der Waals surface area (Å²) in [5.74, 6) is 0.488. The summed E-state index contributed by atoms with van der Waals surface area (Å²) in [5, 5.41) is 8.47. The van der Waals surface area contributed by atoms with Crippen molar-refractivity contribution in [3.63, 3.8) is 0 Å². The summed E-state index contributed by atoms with van der Waals surface area (Å²) in [5.41, 5.74) is 2.91. The van der Waals surface area contributed by atoms with Crippen LogP contribution >= 0.6 is 12.4 Å². The van der Waals surface area contributed by atoms with Gasteiger partial charge in [-0.2, -0.15) is 0 Å². The summed E-state index contributed by atoms with van der Waals surface area (Å²) in [6.45, 7) is 6.75. The fraction of sp³-hybridized carbons (Fsp3) is 0.467. The highest BCUT2D eigenvalue weighted by atomic mass is 35.5. The normalized spacial score (nSPS) is 10.6. The Morgan fingerprint density at radius 1 is 1.24 bits per heavy atom. The minimum Gasteiger partial charge on any atom is -0.359 e. The molecule has 0 aliphatic carbocycles. The molecule has 118 valence electrons. The minimum absolute atomic E-state index is 0. The largest absolute Gasteiger partial charge is 0.359 e. The van der Waals surface area contributed by atoms with Crippen LogP contribution < -0.4 is 16.0 Å². The average Bonchev–Trinajstić information content (AvgIpc) is 2.42. The van der Waals surface area contributed by atoms with E-state index in [4.69, 9.17) is 0 Å². The molecule has 1 aromatic rings. The van der Waals surface area contributed by atoms with Crippen LogP contribution in [0.5, 0.6) is 0 Å². The number of nitrogens with zero attached hydrogens (tertiary/aromatic N) is 1. The number of para-hydroxylation sites is 1. The number of unbranched alkanes of at least 4 members (excludes halogenated alkanes) is 1. The van der Waals surface area contributed by atoms with Gasteiger partial charge < -0.3 is 10.6 Å². The number of rotatable bonds is 4. The van der Waals surface area contributed by atoms with Gasteiger partial charge in [-0.05, 0) is 31.4 Å². The van der Waals surface area contributed by atoms with Crippen molar-refractivity contribution in [2.75, 3.05) is 18.9 Å². The Bertz CT molecular complexity index is 468. The summed E-state index contributed by atoms with van der Waals surface area (Å²) in [6, 6.07) is 5.62. The quantitative estimate of drug-likeness (QED) is 0.454. The molecule has 0 unspecified atom stereocenters. The Morgan fingerprint density at radius 2 is 1.86 bits per heavy atom. The second-order valence-electron chi connectivity index (χ2n) is 4.68. The number of aryl methyl sites for hydroxylation is 2. The maximum atomic E-state index is 12.0. The molecule has 1 rings (SSSR count). The van der Waals surface area contributed by atoms with E-state index >= 15 is 0 Å². The van der Waals surface area contributed by atoms with Gasteiger partial charge in [-0.15, -0.1) is 12.4 Å². The number of carbonyl (C=O) groups is 1. The first-order chi connectivity index (χ1) is 9.58. The van der Waals surface area contributed by atoms with E-state index in [1.54, 1.807) is 7.05 Å². The summed E-state index contributed by atoms with van der Waals surface area (Å²) in [6.07, 6.45) is 2.08. The van der Waals surface area contributed by atoms with Crippen molar-refractivity contribution in [1.82, 2.24) is 10.6 Å². The lowest BCUT2D eigenvalue weighted by Crippen LogP contribution is -2.41. The van der Waals surface area contributed by atoms with Crippen LogP contribution in [0.25, 0.3) is 0 Å². The number of urea groups is 1. The lowest BCUT2D eigenvalue weighted by molar-refractivity contribution is 0.256. The van der Waals surface area contributed by atoms with E-state index in [-0.39, 0.29) is 18.4 Å². The van der Waals surface area contributed by atoms with Crippen LogP contribution in [-0.4, -0.2) is 25.6 Å². The number of guanidine groups is 1. The van der Waals surface area contributed by atoms with Crippen molar-refractivity contribution < 1.29 is 4.79 Å². The zero-order chi connectivity index (χ0) is 15.0. The van der Waals surface area contributed by atoms with E-state index in [9.17, 15) is 4.79 Å². The fourth-order valence-electron chi connectivity index (χ4n) is 1.79. The minimum atomic E-state index is -0.285. The summed E-state index contributed by atoms with van der Waals surface area (Å²) in [4.78, 5) is 16.3. The zero-order valence-electron chi connectivity index (χ0n) is 13.1. The third-order valence-electron chi connectivity index (χ3n) is 2.97. The molecule has 0 saturated heterocycles. The van der Waals surface area contributed by atoms with Gasteiger partial charge >= 0.3 is 6.03 Å². The second-order valence-corrected chi connectivity index (χ2v) is 4.68. The lowest BCUT2D eigenvalue weighted by atomic mass is 10.1. The number of nitrogens with one attached hydrogen (secondary N) is 3. The summed E-state index contributed by atoms with van der Waals surface area (Å²) in [7, 11) is 1.74. The van der Waals surface area contributed by atoms with Crippen molar-refractivity contribution in [2.24, 2.45) is 4.99 Å². The van der Waals surface area contributed by atoms with Crippen LogP contribution in [0.1, 0.15) is 30.9 Å². The van der Waals surface area contributed by atoms with E-state index in [2.05, 4.69) is 27.9 Å². The van der Waals surface area contributed by atoms with Gasteiger partial charge in [0, 0.05) is 19.3 Å². The van der Waals surface area contributed by atoms with Crippen LogP contribution in [0, 0.1) is 13.8 Å². The molecular weight excluding hydrogens is 288 g/mol. The molecule has 0 fully saturated rings. The Kier molecular flexibility index (Phi) is 9.21. The van der Waals surface area contributed by atoms with Crippen LogP contribution in [0.15, 0.2) is 23.2 Å². The van der Waals surface area contributed by atoms with E-state index in [0.29, 0.717) is 12.5 Å². The molecule has 6 heteroatoms. The third kappa shape index (κ3) is 6.49. The van der Waals surface area contributed by atoms with Crippen LogP contribution in [0.2, 0.25) is 0 Å². The van der Waals surface area contributed by atoms with E-state index in [1.165, 1.54) is 0 Å². The molecule has 0 atom stereocenters. The molecule has 0 heterocycles. The molecule has 0 aliphatic heterocycles. The van der Waals surface area contributed by atoms with Gasteiger partial charge in [-0.3, -0.25) is 10.3 Å². The Hall–Kier alpha value is -1.75. The second kappa shape index (κ2) is 10.0. The summed E-state index contributed by atoms with van der Waals surface area (Å²) < 4.78 is 0. The van der Waals surface area contributed by atoms with Gasteiger partial charge in [0.25, 0.3) is 0 Å². The molecule has 2 amide bonds. The highest BCUT2D eigenvalue weighted by Gasteiger charge is 2.08. The molecule has 0 aliphatic rings. The number of hydrogen-bond acceptors (Lipinski definition) is 2. The van der Waals surface area contributed by atoms with Crippen LogP contribution in [-0.2, 0) is 0 Å². The Morgan fingerprint density at radius 3 is 2.38 bits per heavy atom. The molecule has 0 radical (unpaired) electrons. The zero-order valence-corrected chi connectivity index (χ0v) is 13.9. The van der Waals surface area contributed by atoms with E-state index < -0.39 is 0 Å². The van der Waals surface area contributed by atoms with Gasteiger partial charge in [-0.25, -0.2) is 4.79 Å². The molecular formula is C15H25ClN4O. The van der Waals surface area contributed by atoms with Crippen LogP contribution in [0.4, 0.5) is 10.5 Å². The smallest absolute Gasteiger partial charge is 0.326 e. The molecule has 0 spiro atoms. The third-order valence-corrected chi connectivity index (χ3v) is 2.97. The predicted octanol–water partition coefficient (Wildman–Crippen LogP) is 3.22. The molecule has 1 aromatic carbocycles. The molecule has 3 N–H and O–H groups in total. The first-order valence-electron chi connectivity index (χ1n) is 6.95. The topological polar surface area (TPSA) is 65.5 Å². The van der Waals surface area contributed by atoms with Gasteiger partial charge in [0.1, 0.15) is 0 Å². The fourth-order valence-corrected chi connectivity index (χ4v) is 1.79. The van der Waals surface area contributed by atoms with E-state index in [0.717, 1.165) is 29.7 Å². The maximum Gasteiger partial charge on any atom is 0.326 e. The number of amides is 2. The monoisotopic (exact) mass is 312 g/mol. The number of aliphatic imine (C=N–C) groups is 1. The lowest BCUT2D eigenvalue weighted by Gasteiger charge is -2.13. The van der Waals surface area contributed by atoms with Crippen molar-refractivity contribution in [1.29, 1.82) is 0 Å². The molecule has 5 nitrogen and oxygen atoms in total. The van der Waals surface area contributed by atoms with Crippen molar-refractivity contribution in [3.8, 4) is 0 Å². The number of anilines is 1. The molecule has 0 bridgehead atoms. The van der Waals surface area contributed by atoms with Crippen molar-refractivity contribution >= 4 is 30.1 Å². The molecule has 0 aromatic heterocycles. The standard InChI is InChI=1S/C15H24N4O.ClH/c1-5-6-10-17-14(16-4)19-15(20)18-13-11(2)8-7-9-12(13)3;/h7-9H,5-6,10H2,1-4H3,(H3,16,17,18,19,20);1H. The Balaban J connectivity index is 0.00000400. The van der Waals surface area contributed by atoms with Crippen molar-refractivity contribution in [2.45, 2.75) is 33.6 Å². The highest BCUT2D eigenvalue weighted by molar-refractivity contribution is 6.02. The number of hydrogen-bond donors (Lipinski definition) is 3. The number of benzene rings is 1. The average molecular weight is 313 g/mol. The number of carbonyl (C=O) groups excluding carboxylic acids is 1. The first-order valence-corrected chi connectivity index (χ1v) is 6.95. The highest BCUT2D eigenvalue weighted by Crippen LogP contribution is 2.18. The number of halogens is 1. The van der Waals surface area contributed by atoms with Crippen molar-refractivity contribution in [3.05, 3.63) is 29.3 Å². The van der Waals surface area contributed by atoms with Gasteiger partial charge in [-0.1, -0.05) is 31.5 Å². The predicted molar refractivity (Wildman–Crippen MR) is 91.6 cm³/mol. The van der Waals surface area contributed by atoms with Crippen LogP contribution in [0.3, 0.4) is 0 Å². The molecule has 21 heavy (non-hydrogen) atoms. The maximum absolute atomic E-state index is 12.0. The van der Waals surface area contributed by atoms with Gasteiger partial charge in [0.2, 0.25) is 0 Å². The van der Waals surface area contributed by atoms with Gasteiger partial charge in [0.05, 0.1) is 0 Å². The first kappa shape index (κ1) is 19.2. The summed E-state index contributed by atoms with van der Waals surface area (Å²) >= 11 is 0. The van der Waals surface area contributed by atoms with E-state index in [1.807, 2.05) is 32.0 Å². The Labute approximate surface area is 133 Å².